The van der Waals surface area contributed by atoms with Crippen molar-refractivity contribution in [2.24, 2.45) is 0 Å². The molecule has 1 N–H and O–H groups in total. The first kappa shape index (κ1) is 13.2. The highest BCUT2D eigenvalue weighted by molar-refractivity contribution is 7.98. The van der Waals surface area contributed by atoms with E-state index in [0.29, 0.717) is 6.61 Å². The fourth-order valence-electron chi connectivity index (χ4n) is 2.00. The number of fused-ring (bicyclic) bond motifs is 1. The van der Waals surface area contributed by atoms with Crippen LogP contribution >= 0.6 is 11.8 Å². The average molecular weight is 262 g/mol. The first-order valence-electron chi connectivity index (χ1n) is 6.10. The van der Waals surface area contributed by atoms with Crippen molar-refractivity contribution < 1.29 is 9.84 Å². The fourth-order valence-corrected chi connectivity index (χ4v) is 2.41. The Balaban J connectivity index is 2.22. The summed E-state index contributed by atoms with van der Waals surface area (Å²) >= 11 is 1.82. The molecule has 0 radical (unpaired) electrons. The third-order valence-corrected chi connectivity index (χ3v) is 3.60. The van der Waals surface area contributed by atoms with Gasteiger partial charge in [0.2, 0.25) is 0 Å². The first-order chi connectivity index (χ1) is 8.86. The Kier molecular flexibility index (Phi) is 4.90. The molecule has 96 valence electrons. The first-order valence-corrected chi connectivity index (χ1v) is 7.49. The van der Waals surface area contributed by atoms with Crippen LogP contribution in [0.1, 0.15) is 12.0 Å². The van der Waals surface area contributed by atoms with Gasteiger partial charge >= 0.3 is 0 Å². The predicted octanol–water partition coefficient (Wildman–Crippen LogP) is 3.46. The molecule has 2 nitrogen and oxygen atoms in total. The Labute approximate surface area is 112 Å². The van der Waals surface area contributed by atoms with Crippen LogP contribution in [0.15, 0.2) is 36.4 Å². The molecule has 0 atom stereocenters. The van der Waals surface area contributed by atoms with Crippen LogP contribution in [0.3, 0.4) is 0 Å². The van der Waals surface area contributed by atoms with Gasteiger partial charge < -0.3 is 9.84 Å². The number of aliphatic hydroxyl groups is 1. The molecule has 3 heteroatoms. The summed E-state index contributed by atoms with van der Waals surface area (Å²) in [6.07, 6.45) is 3.12. The smallest absolute Gasteiger partial charge is 0.125 e. The molecule has 2 aromatic rings. The van der Waals surface area contributed by atoms with Gasteiger partial charge in [0.15, 0.2) is 0 Å². The lowest BCUT2D eigenvalue weighted by atomic mass is 10.0. The van der Waals surface area contributed by atoms with Crippen LogP contribution in [-0.4, -0.2) is 23.7 Å². The van der Waals surface area contributed by atoms with Gasteiger partial charge in [0.1, 0.15) is 5.75 Å². The molecule has 0 aromatic heterocycles. The van der Waals surface area contributed by atoms with Gasteiger partial charge in [-0.3, -0.25) is 0 Å². The van der Waals surface area contributed by atoms with E-state index in [1.165, 1.54) is 0 Å². The van der Waals surface area contributed by atoms with Crippen molar-refractivity contribution in [1.82, 2.24) is 0 Å². The summed E-state index contributed by atoms with van der Waals surface area (Å²) in [5.41, 5.74) is 0.886. The van der Waals surface area contributed by atoms with Crippen molar-refractivity contribution in [2.75, 3.05) is 18.6 Å². The third kappa shape index (κ3) is 2.98. The fraction of sp³-hybridized carbons (Fsp3) is 0.333. The second-order valence-corrected chi connectivity index (χ2v) is 5.10. The van der Waals surface area contributed by atoms with E-state index < -0.39 is 0 Å². The Morgan fingerprint density at radius 2 is 2.00 bits per heavy atom. The minimum Gasteiger partial charge on any atom is -0.493 e. The quantitative estimate of drug-likeness (QED) is 0.808. The number of hydrogen-bond donors (Lipinski definition) is 1. The topological polar surface area (TPSA) is 29.5 Å². The molecule has 0 saturated heterocycles. The van der Waals surface area contributed by atoms with E-state index in [1.807, 2.05) is 48.2 Å². The van der Waals surface area contributed by atoms with Crippen molar-refractivity contribution in [3.05, 3.63) is 42.0 Å². The van der Waals surface area contributed by atoms with Crippen LogP contribution in [0.2, 0.25) is 0 Å². The molecular weight excluding hydrogens is 244 g/mol. The summed E-state index contributed by atoms with van der Waals surface area (Å²) in [6.45, 7) is 0.714. The van der Waals surface area contributed by atoms with Gasteiger partial charge in [0.25, 0.3) is 0 Å². The predicted molar refractivity (Wildman–Crippen MR) is 78.4 cm³/mol. The van der Waals surface area contributed by atoms with E-state index in [-0.39, 0.29) is 6.61 Å². The van der Waals surface area contributed by atoms with E-state index in [2.05, 4.69) is 6.26 Å². The molecule has 0 aliphatic rings. The zero-order chi connectivity index (χ0) is 12.8. The Morgan fingerprint density at radius 3 is 2.78 bits per heavy atom. The molecule has 0 spiro atoms. The summed E-state index contributed by atoms with van der Waals surface area (Å²) in [5, 5.41) is 11.7. The Bertz CT molecular complexity index is 511. The average Bonchev–Trinajstić information content (AvgIpc) is 2.43. The zero-order valence-corrected chi connectivity index (χ0v) is 11.4. The molecule has 0 fully saturated rings. The summed E-state index contributed by atoms with van der Waals surface area (Å²) in [7, 11) is 0. The maximum absolute atomic E-state index is 9.54. The molecule has 0 unspecified atom stereocenters. The second kappa shape index (κ2) is 6.66. The van der Waals surface area contributed by atoms with E-state index in [9.17, 15) is 5.11 Å². The van der Waals surface area contributed by atoms with Gasteiger partial charge in [-0.1, -0.05) is 30.3 Å². The van der Waals surface area contributed by atoms with E-state index in [1.54, 1.807) is 0 Å². The third-order valence-electron chi connectivity index (χ3n) is 2.91. The molecule has 0 saturated carbocycles. The molecule has 18 heavy (non-hydrogen) atoms. The van der Waals surface area contributed by atoms with Gasteiger partial charge in [-0.15, -0.1) is 0 Å². The second-order valence-electron chi connectivity index (χ2n) is 4.12. The van der Waals surface area contributed by atoms with Gasteiger partial charge in [-0.05, 0) is 35.3 Å². The van der Waals surface area contributed by atoms with Crippen molar-refractivity contribution in [1.29, 1.82) is 0 Å². The summed E-state index contributed by atoms with van der Waals surface area (Å²) < 4.78 is 5.76. The SMILES string of the molecule is CSCCCOc1ccc2ccccc2c1CO. The van der Waals surface area contributed by atoms with Crippen molar-refractivity contribution >= 4 is 22.5 Å². The molecule has 2 rings (SSSR count). The lowest BCUT2D eigenvalue weighted by molar-refractivity contribution is 0.265. The molecule has 0 aliphatic carbocycles. The summed E-state index contributed by atoms with van der Waals surface area (Å²) in [4.78, 5) is 0. The Hall–Kier alpha value is -1.19. The minimum absolute atomic E-state index is 0.0131. The lowest BCUT2D eigenvalue weighted by Gasteiger charge is -2.12. The maximum Gasteiger partial charge on any atom is 0.125 e. The maximum atomic E-state index is 9.54. The van der Waals surface area contributed by atoms with Crippen LogP contribution in [0.4, 0.5) is 0 Å². The largest absolute Gasteiger partial charge is 0.493 e. The van der Waals surface area contributed by atoms with Gasteiger partial charge in [0.05, 0.1) is 13.2 Å². The highest BCUT2D eigenvalue weighted by atomic mass is 32.2. The highest BCUT2D eigenvalue weighted by Gasteiger charge is 2.07. The number of ether oxygens (including phenoxy) is 1. The van der Waals surface area contributed by atoms with Crippen molar-refractivity contribution in [3.8, 4) is 5.75 Å². The van der Waals surface area contributed by atoms with Crippen LogP contribution in [0.5, 0.6) is 5.75 Å². The summed E-state index contributed by atoms with van der Waals surface area (Å²) in [5.74, 6) is 1.90. The molecular formula is C15H18O2S. The Morgan fingerprint density at radius 1 is 1.17 bits per heavy atom. The van der Waals surface area contributed by atoms with Gasteiger partial charge in [-0.25, -0.2) is 0 Å². The van der Waals surface area contributed by atoms with Crippen LogP contribution in [0, 0.1) is 0 Å². The van der Waals surface area contributed by atoms with Crippen LogP contribution in [-0.2, 0) is 6.61 Å². The van der Waals surface area contributed by atoms with Crippen LogP contribution < -0.4 is 4.74 Å². The molecule has 0 aliphatic heterocycles. The number of benzene rings is 2. The van der Waals surface area contributed by atoms with E-state index in [0.717, 1.165) is 34.3 Å². The standard InChI is InChI=1S/C15H18O2S/c1-18-10-4-9-17-15-8-7-12-5-2-3-6-13(12)14(15)11-16/h2-3,5-8,16H,4,9-11H2,1H3. The van der Waals surface area contributed by atoms with E-state index >= 15 is 0 Å². The number of rotatable bonds is 6. The molecule has 2 aromatic carbocycles. The number of hydrogen-bond acceptors (Lipinski definition) is 3. The van der Waals surface area contributed by atoms with Crippen LogP contribution in [0.25, 0.3) is 10.8 Å². The van der Waals surface area contributed by atoms with Crippen molar-refractivity contribution in [3.63, 3.8) is 0 Å². The van der Waals surface area contributed by atoms with Gasteiger partial charge in [-0.2, -0.15) is 11.8 Å². The lowest BCUT2D eigenvalue weighted by Crippen LogP contribution is -2.02. The number of thioether (sulfide) groups is 1. The molecule has 0 bridgehead atoms. The van der Waals surface area contributed by atoms with Gasteiger partial charge in [0, 0.05) is 5.56 Å². The molecule has 0 amide bonds. The van der Waals surface area contributed by atoms with Crippen molar-refractivity contribution in [2.45, 2.75) is 13.0 Å². The normalized spacial score (nSPS) is 10.8. The monoisotopic (exact) mass is 262 g/mol. The summed E-state index contributed by atoms with van der Waals surface area (Å²) in [6, 6.07) is 12.1. The molecule has 0 heterocycles. The minimum atomic E-state index is 0.0131. The zero-order valence-electron chi connectivity index (χ0n) is 10.6. The number of aliphatic hydroxyl groups excluding tert-OH is 1. The highest BCUT2D eigenvalue weighted by Crippen LogP contribution is 2.28. The van der Waals surface area contributed by atoms with E-state index in [4.69, 9.17) is 4.74 Å².